The molecule has 3 fully saturated rings. The topological polar surface area (TPSA) is 82.1 Å². The second-order valence-electron chi connectivity index (χ2n) is 7.52. The number of alkyl halides is 2. The number of nitrogens with one attached hydrogen (secondary N) is 1. The molecule has 0 spiro atoms. The van der Waals surface area contributed by atoms with Gasteiger partial charge in [0, 0.05) is 25.2 Å². The number of carbonyl (C=O) groups excluding carboxylic acids is 1. The monoisotopic (exact) mass is 447 g/mol. The van der Waals surface area contributed by atoms with Crippen LogP contribution in [-0.4, -0.2) is 60.9 Å². The largest absolute Gasteiger partial charge is 0.481 e. The Morgan fingerprint density at radius 3 is 2.37 bits per heavy atom. The van der Waals surface area contributed by atoms with E-state index in [4.69, 9.17) is 9.84 Å². The van der Waals surface area contributed by atoms with E-state index in [0.717, 1.165) is 17.0 Å². The molecule has 1 amide bonds. The number of benzene rings is 1. The van der Waals surface area contributed by atoms with E-state index in [1.165, 1.54) is 4.90 Å². The van der Waals surface area contributed by atoms with Gasteiger partial charge < -0.3 is 20.1 Å². The molecule has 0 aromatic heterocycles. The lowest BCUT2D eigenvalue weighted by Crippen LogP contribution is -2.36. The Hall–Kier alpha value is -2.63. The maximum absolute atomic E-state index is 14.7. The number of hydrogen-bond donors (Lipinski definition) is 2. The first-order valence-electron chi connectivity index (χ1n) is 9.18. The highest BCUT2D eigenvalue weighted by atomic mass is 32.1. The summed E-state index contributed by atoms with van der Waals surface area (Å²) in [6, 6.07) is 2.00. The minimum absolute atomic E-state index is 0.0644. The average Bonchev–Trinajstić information content (AvgIpc) is 2.98. The third-order valence-electron chi connectivity index (χ3n) is 5.68. The maximum Gasteiger partial charge on any atom is 0.414 e. The predicted octanol–water partition coefficient (Wildman–Crippen LogP) is 2.24. The van der Waals surface area contributed by atoms with E-state index in [9.17, 15) is 27.2 Å². The molecule has 30 heavy (non-hydrogen) atoms. The van der Waals surface area contributed by atoms with Crippen molar-refractivity contribution in [3.05, 3.63) is 23.8 Å². The van der Waals surface area contributed by atoms with E-state index >= 15 is 0 Å². The third-order valence-corrected chi connectivity index (χ3v) is 6.01. The number of carboxylic acid groups (broad SMARTS) is 1. The molecule has 1 saturated carbocycles. The van der Waals surface area contributed by atoms with Crippen molar-refractivity contribution in [3.63, 3.8) is 0 Å². The number of rotatable bonds is 6. The number of nitrogens with zero attached hydrogens (tertiary/aromatic N) is 2. The molecule has 2 N–H and O–H groups in total. The van der Waals surface area contributed by atoms with Gasteiger partial charge in [0.1, 0.15) is 16.8 Å². The van der Waals surface area contributed by atoms with Crippen molar-refractivity contribution < 1.29 is 37.0 Å². The number of amides is 1. The van der Waals surface area contributed by atoms with Crippen LogP contribution in [0.25, 0.3) is 0 Å². The Balaban J connectivity index is 1.43. The first kappa shape index (κ1) is 20.6. The number of ether oxygens (including phenoxy) is 1. The Bertz CT molecular complexity index is 882. The smallest absolute Gasteiger partial charge is 0.414 e. The number of hydrogen-bond acceptors (Lipinski definition) is 5. The molecule has 3 aliphatic rings. The molecule has 2 heterocycles. The summed E-state index contributed by atoms with van der Waals surface area (Å²) >= 11 is 4.45. The molecule has 1 aromatic carbocycles. The summed E-state index contributed by atoms with van der Waals surface area (Å²) < 4.78 is 59.3. The number of aliphatic carboxylic acids is 1. The Morgan fingerprint density at radius 2 is 1.83 bits per heavy atom. The zero-order chi connectivity index (χ0) is 21.7. The molecule has 2 saturated heterocycles. The van der Waals surface area contributed by atoms with Crippen LogP contribution in [0.4, 0.5) is 33.7 Å². The van der Waals surface area contributed by atoms with Crippen molar-refractivity contribution in [1.29, 1.82) is 0 Å². The second-order valence-corrected chi connectivity index (χ2v) is 7.96. The normalized spacial score (nSPS) is 27.3. The zero-order valence-electron chi connectivity index (χ0n) is 15.4. The summed E-state index contributed by atoms with van der Waals surface area (Å²) in [6.07, 6.45) is -4.52. The maximum atomic E-state index is 14.7. The van der Waals surface area contributed by atoms with Crippen LogP contribution in [0, 0.1) is 29.4 Å². The van der Waals surface area contributed by atoms with Crippen molar-refractivity contribution in [2.24, 2.45) is 17.8 Å². The fraction of sp³-hybridized carbons (Fsp3) is 0.500. The molecular formula is C18H17F4N3O4S. The fourth-order valence-electron chi connectivity index (χ4n) is 4.22. The lowest BCUT2D eigenvalue weighted by atomic mass is 10.2. The van der Waals surface area contributed by atoms with Crippen LogP contribution in [-0.2, 0) is 9.53 Å². The van der Waals surface area contributed by atoms with Crippen molar-refractivity contribution in [2.45, 2.75) is 12.5 Å². The third kappa shape index (κ3) is 3.64. The lowest BCUT2D eigenvalue weighted by Gasteiger charge is -2.24. The van der Waals surface area contributed by atoms with E-state index in [-0.39, 0.29) is 49.4 Å². The molecule has 1 unspecified atom stereocenters. The highest BCUT2D eigenvalue weighted by Gasteiger charge is 2.60. The van der Waals surface area contributed by atoms with Gasteiger partial charge in [0.2, 0.25) is 0 Å². The molecule has 162 valence electrons. The van der Waals surface area contributed by atoms with E-state index in [1.54, 1.807) is 0 Å². The van der Waals surface area contributed by atoms with Crippen LogP contribution >= 0.6 is 12.2 Å². The van der Waals surface area contributed by atoms with Crippen molar-refractivity contribution in [3.8, 4) is 0 Å². The predicted molar refractivity (Wildman–Crippen MR) is 101 cm³/mol. The molecule has 0 bridgehead atoms. The van der Waals surface area contributed by atoms with Gasteiger partial charge in [-0.1, -0.05) is 12.2 Å². The molecule has 1 aromatic rings. The number of fused-ring (bicyclic) bond motifs is 1. The van der Waals surface area contributed by atoms with Gasteiger partial charge in [-0.3, -0.25) is 9.69 Å². The summed E-state index contributed by atoms with van der Waals surface area (Å²) in [7, 11) is 0. The number of halogens is 4. The molecule has 1 aliphatic carbocycles. The average molecular weight is 447 g/mol. The second kappa shape index (κ2) is 7.56. The summed E-state index contributed by atoms with van der Waals surface area (Å²) in [5.41, 5.74) is -0.325. The molecule has 0 radical (unpaired) electrons. The molecule has 12 heteroatoms. The Morgan fingerprint density at radius 1 is 1.23 bits per heavy atom. The van der Waals surface area contributed by atoms with Crippen molar-refractivity contribution in [2.75, 3.05) is 36.0 Å². The fourth-order valence-corrected chi connectivity index (χ4v) is 4.30. The number of thiocarbonyl (C=S) groups is 1. The van der Waals surface area contributed by atoms with E-state index in [1.807, 2.05) is 0 Å². The van der Waals surface area contributed by atoms with Gasteiger partial charge in [-0.05, 0) is 11.8 Å². The van der Waals surface area contributed by atoms with Gasteiger partial charge in [0.15, 0.2) is 11.6 Å². The summed E-state index contributed by atoms with van der Waals surface area (Å²) in [5, 5.41) is 11.3. The van der Waals surface area contributed by atoms with Crippen LogP contribution < -0.4 is 15.1 Å². The van der Waals surface area contributed by atoms with Crippen molar-refractivity contribution >= 4 is 40.6 Å². The summed E-state index contributed by atoms with van der Waals surface area (Å²) in [5.74, 6) is -3.37. The summed E-state index contributed by atoms with van der Waals surface area (Å²) in [4.78, 5) is 24.9. The first-order chi connectivity index (χ1) is 14.2. The summed E-state index contributed by atoms with van der Waals surface area (Å²) in [6.45, 7) is 0.247. The SMILES string of the molecule is O=C(O)C1[C@H]2CN(c3c(F)cc(N4C[C@@H](CNC(=S)C(F)F)OC4=O)cc3F)C[C@@H]12. The highest BCUT2D eigenvalue weighted by molar-refractivity contribution is 7.80. The van der Waals surface area contributed by atoms with Crippen LogP contribution in [0.5, 0.6) is 0 Å². The molecule has 4 atom stereocenters. The standard InChI is InChI=1S/C18H17F4N3O4S/c19-11-1-7(25-4-8(29-18(25)28)3-23-16(30)15(21)22)2-12(20)14(11)24-5-9-10(6-24)13(9)17(26)27/h1-2,8-10,13,15H,3-6H2,(H,23,30)(H,26,27)/t8-,9-,10+,13?/m1/s1. The minimum atomic E-state index is -2.84. The number of anilines is 2. The number of carboxylic acids is 1. The molecule has 7 nitrogen and oxygen atoms in total. The number of carbonyl (C=O) groups is 2. The van der Waals surface area contributed by atoms with Gasteiger partial charge in [-0.2, -0.15) is 0 Å². The quantitative estimate of drug-likeness (QED) is 0.511. The van der Waals surface area contributed by atoms with Gasteiger partial charge in [0.25, 0.3) is 6.43 Å². The van der Waals surface area contributed by atoms with Crippen LogP contribution in [0.1, 0.15) is 0 Å². The van der Waals surface area contributed by atoms with E-state index in [2.05, 4.69) is 17.5 Å². The van der Waals surface area contributed by atoms with Crippen LogP contribution in [0.2, 0.25) is 0 Å². The van der Waals surface area contributed by atoms with E-state index < -0.39 is 47.1 Å². The Labute approximate surface area is 173 Å². The highest BCUT2D eigenvalue weighted by Crippen LogP contribution is 2.53. The first-order valence-corrected chi connectivity index (χ1v) is 9.59. The van der Waals surface area contributed by atoms with Gasteiger partial charge in [-0.15, -0.1) is 0 Å². The van der Waals surface area contributed by atoms with E-state index in [0.29, 0.717) is 0 Å². The number of piperidine rings is 1. The van der Waals surface area contributed by atoms with Crippen molar-refractivity contribution in [1.82, 2.24) is 5.32 Å². The molecule has 4 rings (SSSR count). The van der Waals surface area contributed by atoms with Gasteiger partial charge in [-0.25, -0.2) is 22.4 Å². The minimum Gasteiger partial charge on any atom is -0.481 e. The Kier molecular flexibility index (Phi) is 5.20. The van der Waals surface area contributed by atoms with Crippen LogP contribution in [0.3, 0.4) is 0 Å². The number of cyclic esters (lactones) is 1. The lowest BCUT2D eigenvalue weighted by molar-refractivity contribution is -0.139. The molecular weight excluding hydrogens is 430 g/mol. The molecule has 2 aliphatic heterocycles. The van der Waals surface area contributed by atoms with Gasteiger partial charge >= 0.3 is 12.1 Å². The van der Waals surface area contributed by atoms with Gasteiger partial charge in [0.05, 0.1) is 24.7 Å². The van der Waals surface area contributed by atoms with Crippen LogP contribution in [0.15, 0.2) is 12.1 Å². The zero-order valence-corrected chi connectivity index (χ0v) is 16.2.